The lowest BCUT2D eigenvalue weighted by Gasteiger charge is -2.61. The fourth-order valence-electron chi connectivity index (χ4n) is 9.02. The summed E-state index contributed by atoms with van der Waals surface area (Å²) in [5.74, 6) is 1.88. The quantitative estimate of drug-likeness (QED) is 0.326. The van der Waals surface area contributed by atoms with Crippen molar-refractivity contribution in [2.75, 3.05) is 26.8 Å². The Bertz CT molecular complexity index is 1250. The van der Waals surface area contributed by atoms with E-state index in [1.807, 2.05) is 4.90 Å². The Kier molecular flexibility index (Phi) is 8.52. The summed E-state index contributed by atoms with van der Waals surface area (Å²) in [6.07, 6.45) is 8.14. The highest BCUT2D eigenvalue weighted by molar-refractivity contribution is 5.96. The summed E-state index contributed by atoms with van der Waals surface area (Å²) in [7, 11) is 1.52. The molecule has 7 rings (SSSR count). The van der Waals surface area contributed by atoms with E-state index in [-0.39, 0.29) is 37.0 Å². The standard InChI is InChI=1S/C34H48N2O7/c1-34(2)22-9-8-21(25(34)15-22)17-36(28(39)14-19-6-4-5-7-19)26-16-24(33(41)35-10-11-37)29-23-12-20(18-38)13-27(42-3)31(23)43-32(29)30(26)40/h12-13,16,19,21-22,25-26,29-30,32,37-38,40H,4-11,14-15,17-18H2,1-3H3,(H,35,41). The molecular formula is C34H48N2O7. The van der Waals surface area contributed by atoms with E-state index in [4.69, 9.17) is 9.47 Å². The van der Waals surface area contributed by atoms with Gasteiger partial charge in [-0.05, 0) is 85.0 Å². The van der Waals surface area contributed by atoms with Crippen molar-refractivity contribution in [2.45, 2.75) is 96.0 Å². The SMILES string of the molecule is COc1cc(CO)cc2c1OC1C2C(C(=O)NCCO)=CC(N(CC2CCC3CC2C3(C)C)C(=O)CC2CCCC2)C1O. The number of carbonyl (C=O) groups is 2. The number of nitrogens with zero attached hydrogens (tertiary/aromatic N) is 1. The first-order valence-electron chi connectivity index (χ1n) is 16.2. The van der Waals surface area contributed by atoms with Crippen molar-refractivity contribution < 1.29 is 34.4 Å². The van der Waals surface area contributed by atoms with E-state index < -0.39 is 24.2 Å². The summed E-state index contributed by atoms with van der Waals surface area (Å²) in [5, 5.41) is 34.2. The Balaban J connectivity index is 1.38. The number of rotatable bonds is 10. The van der Waals surface area contributed by atoms with Crippen LogP contribution in [0.4, 0.5) is 0 Å². The molecule has 7 unspecified atom stereocenters. The van der Waals surface area contributed by atoms with E-state index in [1.165, 1.54) is 13.5 Å². The minimum atomic E-state index is -1.08. The van der Waals surface area contributed by atoms with Crippen LogP contribution in [0.3, 0.4) is 0 Å². The molecule has 4 N–H and O–H groups in total. The Hall–Kier alpha value is -2.62. The molecule has 0 spiro atoms. The van der Waals surface area contributed by atoms with E-state index in [0.29, 0.717) is 58.9 Å². The molecule has 7 atom stereocenters. The third-order valence-electron chi connectivity index (χ3n) is 11.5. The first-order chi connectivity index (χ1) is 20.7. The van der Waals surface area contributed by atoms with Crippen LogP contribution in [0.5, 0.6) is 11.5 Å². The molecule has 1 aromatic carbocycles. The van der Waals surface area contributed by atoms with Crippen molar-refractivity contribution in [2.24, 2.45) is 29.1 Å². The van der Waals surface area contributed by atoms with Crippen LogP contribution >= 0.6 is 0 Å². The number of aliphatic hydroxyl groups is 3. The molecule has 1 aromatic rings. The van der Waals surface area contributed by atoms with Crippen LogP contribution < -0.4 is 14.8 Å². The molecule has 0 saturated heterocycles. The maximum atomic E-state index is 14.2. The van der Waals surface area contributed by atoms with Gasteiger partial charge in [0.05, 0.1) is 32.3 Å². The second-order valence-corrected chi connectivity index (χ2v) is 14.1. The molecule has 4 fully saturated rings. The number of carbonyl (C=O) groups excluding carboxylic acids is 2. The van der Waals surface area contributed by atoms with E-state index >= 15 is 0 Å². The number of nitrogens with one attached hydrogen (secondary N) is 1. The molecule has 0 aromatic heterocycles. The third-order valence-corrected chi connectivity index (χ3v) is 11.5. The second-order valence-electron chi connectivity index (χ2n) is 14.1. The fourth-order valence-corrected chi connectivity index (χ4v) is 9.02. The minimum Gasteiger partial charge on any atom is -0.493 e. The van der Waals surface area contributed by atoms with Crippen LogP contribution in [0.1, 0.15) is 82.3 Å². The first kappa shape index (κ1) is 30.4. The van der Waals surface area contributed by atoms with Crippen molar-refractivity contribution >= 4 is 11.8 Å². The van der Waals surface area contributed by atoms with Gasteiger partial charge in [-0.2, -0.15) is 0 Å². The molecule has 1 aliphatic heterocycles. The molecule has 1 heterocycles. The Labute approximate surface area is 254 Å². The van der Waals surface area contributed by atoms with Crippen molar-refractivity contribution in [3.8, 4) is 11.5 Å². The number of aliphatic hydroxyl groups excluding tert-OH is 3. The molecule has 43 heavy (non-hydrogen) atoms. The molecule has 9 heteroatoms. The molecule has 236 valence electrons. The highest BCUT2D eigenvalue weighted by Gasteiger charge is 2.56. The normalized spacial score (nSPS) is 32.1. The highest BCUT2D eigenvalue weighted by Crippen LogP contribution is 2.61. The van der Waals surface area contributed by atoms with E-state index in [0.717, 1.165) is 44.4 Å². The number of fused-ring (bicyclic) bond motifs is 5. The van der Waals surface area contributed by atoms with Crippen LogP contribution in [0.15, 0.2) is 23.8 Å². The Morgan fingerprint density at radius 1 is 1.14 bits per heavy atom. The molecule has 9 nitrogen and oxygen atoms in total. The van der Waals surface area contributed by atoms with Gasteiger partial charge in [-0.3, -0.25) is 9.59 Å². The summed E-state index contributed by atoms with van der Waals surface area (Å²) in [4.78, 5) is 29.7. The predicted octanol–water partition coefficient (Wildman–Crippen LogP) is 3.29. The zero-order chi connectivity index (χ0) is 30.5. The van der Waals surface area contributed by atoms with Gasteiger partial charge in [0.15, 0.2) is 11.5 Å². The van der Waals surface area contributed by atoms with Gasteiger partial charge in [-0.15, -0.1) is 0 Å². The first-order valence-corrected chi connectivity index (χ1v) is 16.2. The largest absolute Gasteiger partial charge is 0.493 e. The summed E-state index contributed by atoms with van der Waals surface area (Å²) in [6.45, 7) is 4.91. The maximum absolute atomic E-state index is 14.2. The molecule has 2 amide bonds. The van der Waals surface area contributed by atoms with Crippen molar-refractivity contribution in [3.63, 3.8) is 0 Å². The number of hydrogen-bond donors (Lipinski definition) is 4. The van der Waals surface area contributed by atoms with Gasteiger partial charge in [0, 0.05) is 30.6 Å². The monoisotopic (exact) mass is 596 g/mol. The average Bonchev–Trinajstić information content (AvgIpc) is 3.67. The molecule has 6 aliphatic rings. The molecule has 2 bridgehead atoms. The zero-order valence-corrected chi connectivity index (χ0v) is 25.8. The van der Waals surface area contributed by atoms with Crippen LogP contribution in [-0.2, 0) is 16.2 Å². The maximum Gasteiger partial charge on any atom is 0.247 e. The highest BCUT2D eigenvalue weighted by atomic mass is 16.5. The lowest BCUT2D eigenvalue weighted by Crippen LogP contribution is -2.59. The van der Waals surface area contributed by atoms with Gasteiger partial charge < -0.3 is 35.0 Å². The van der Waals surface area contributed by atoms with Crippen molar-refractivity contribution in [3.05, 3.63) is 34.9 Å². The molecule has 0 radical (unpaired) electrons. The minimum absolute atomic E-state index is 0.0377. The van der Waals surface area contributed by atoms with Gasteiger partial charge in [-0.25, -0.2) is 0 Å². The van der Waals surface area contributed by atoms with Crippen LogP contribution in [0.2, 0.25) is 0 Å². The van der Waals surface area contributed by atoms with Crippen molar-refractivity contribution in [1.29, 1.82) is 0 Å². The van der Waals surface area contributed by atoms with Gasteiger partial charge >= 0.3 is 0 Å². The summed E-state index contributed by atoms with van der Waals surface area (Å²) >= 11 is 0. The third kappa shape index (κ3) is 5.35. The lowest BCUT2D eigenvalue weighted by atomic mass is 9.45. The summed E-state index contributed by atoms with van der Waals surface area (Å²) < 4.78 is 12.0. The number of hydrogen-bond acceptors (Lipinski definition) is 7. The van der Waals surface area contributed by atoms with Gasteiger partial charge in [-0.1, -0.05) is 26.7 Å². The molecule has 5 aliphatic carbocycles. The number of ether oxygens (including phenoxy) is 2. The van der Waals surface area contributed by atoms with Crippen LogP contribution in [0, 0.1) is 29.1 Å². The fraction of sp³-hybridized carbons (Fsp3) is 0.706. The van der Waals surface area contributed by atoms with Crippen molar-refractivity contribution in [1.82, 2.24) is 10.2 Å². The molecule has 4 saturated carbocycles. The molecular weight excluding hydrogens is 548 g/mol. The topological polar surface area (TPSA) is 129 Å². The summed E-state index contributed by atoms with van der Waals surface area (Å²) in [5.41, 5.74) is 1.92. The Morgan fingerprint density at radius 2 is 1.91 bits per heavy atom. The van der Waals surface area contributed by atoms with Gasteiger partial charge in [0.25, 0.3) is 0 Å². The smallest absolute Gasteiger partial charge is 0.247 e. The van der Waals surface area contributed by atoms with Crippen LogP contribution in [-0.4, -0.2) is 77.1 Å². The Morgan fingerprint density at radius 3 is 2.56 bits per heavy atom. The number of benzene rings is 1. The number of amides is 2. The van der Waals surface area contributed by atoms with Crippen LogP contribution in [0.25, 0.3) is 0 Å². The van der Waals surface area contributed by atoms with E-state index in [2.05, 4.69) is 19.2 Å². The average molecular weight is 597 g/mol. The van der Waals surface area contributed by atoms with Gasteiger partial charge in [0.1, 0.15) is 12.2 Å². The van der Waals surface area contributed by atoms with E-state index in [1.54, 1.807) is 18.2 Å². The lowest BCUT2D eigenvalue weighted by molar-refractivity contribution is -0.147. The predicted molar refractivity (Wildman–Crippen MR) is 160 cm³/mol. The zero-order valence-electron chi connectivity index (χ0n) is 25.8. The number of methoxy groups -OCH3 is 1. The van der Waals surface area contributed by atoms with E-state index in [9.17, 15) is 24.9 Å². The summed E-state index contributed by atoms with van der Waals surface area (Å²) in [6, 6.07) is 2.76. The van der Waals surface area contributed by atoms with Gasteiger partial charge in [0.2, 0.25) is 11.8 Å². The second kappa shape index (κ2) is 12.1.